The zero-order valence-electron chi connectivity index (χ0n) is 10.0. The van der Waals surface area contributed by atoms with Crippen LogP contribution in [0.5, 0.6) is 5.75 Å². The van der Waals surface area contributed by atoms with Gasteiger partial charge in [-0.1, -0.05) is 41.9 Å². The largest absolute Gasteiger partial charge is 0.573 e. The molecule has 0 spiro atoms. The number of hydrogen-bond acceptors (Lipinski definition) is 1. The van der Waals surface area contributed by atoms with Gasteiger partial charge in [-0.15, -0.1) is 24.8 Å². The number of hydrogen-bond donors (Lipinski definition) is 0. The average molecular weight is 321 g/mol. The van der Waals surface area contributed by atoms with Gasteiger partial charge >= 0.3 is 6.36 Å². The van der Waals surface area contributed by atoms with Gasteiger partial charge in [0.1, 0.15) is 5.75 Å². The van der Waals surface area contributed by atoms with Crippen molar-refractivity contribution in [3.63, 3.8) is 0 Å². The fraction of sp³-hybridized carbons (Fsp3) is 0.143. The third-order valence-corrected chi connectivity index (χ3v) is 3.34. The molecule has 6 heteroatoms. The molecule has 0 bridgehead atoms. The molecule has 0 aliphatic rings. The van der Waals surface area contributed by atoms with Crippen LogP contribution in [0.4, 0.5) is 13.2 Å². The Morgan fingerprint density at radius 2 is 1.75 bits per heavy atom. The molecule has 20 heavy (non-hydrogen) atoms. The highest BCUT2D eigenvalue weighted by Gasteiger charge is 2.31. The summed E-state index contributed by atoms with van der Waals surface area (Å²) in [5.41, 5.74) is 1.86. The lowest BCUT2D eigenvalue weighted by atomic mass is 10.0. The van der Waals surface area contributed by atoms with Crippen molar-refractivity contribution in [1.82, 2.24) is 0 Å². The Morgan fingerprint density at radius 1 is 1.05 bits per heavy atom. The second-order valence-corrected chi connectivity index (χ2v) is 4.63. The Hall–Kier alpha value is -1.39. The van der Waals surface area contributed by atoms with E-state index >= 15 is 0 Å². The van der Waals surface area contributed by atoms with Gasteiger partial charge in [0.15, 0.2) is 0 Å². The van der Waals surface area contributed by atoms with Crippen LogP contribution in [-0.2, 0) is 5.88 Å². The van der Waals surface area contributed by atoms with Crippen LogP contribution >= 0.6 is 23.2 Å². The third kappa shape index (κ3) is 3.58. The summed E-state index contributed by atoms with van der Waals surface area (Å²) in [4.78, 5) is 0. The highest BCUT2D eigenvalue weighted by atomic mass is 35.5. The molecule has 0 aliphatic carbocycles. The molecular formula is C14H9Cl2F3O. The van der Waals surface area contributed by atoms with Gasteiger partial charge in [0.25, 0.3) is 0 Å². The Bertz CT molecular complexity index is 612. The molecule has 0 aliphatic heterocycles. The molecule has 2 aromatic rings. The standard InChI is InChI=1S/C14H9Cl2F3O/c15-8-10-4-2-6-12(13(10)16)9-3-1-5-11(7-9)20-14(17,18)19/h1-7H,8H2. The first-order valence-corrected chi connectivity index (χ1v) is 6.51. The molecule has 0 atom stereocenters. The minimum Gasteiger partial charge on any atom is -0.406 e. The van der Waals surface area contributed by atoms with Crippen LogP contribution in [0, 0.1) is 0 Å². The van der Waals surface area contributed by atoms with Crippen LogP contribution < -0.4 is 4.74 Å². The Labute approximate surface area is 123 Å². The molecule has 0 amide bonds. The maximum atomic E-state index is 12.2. The molecule has 1 nitrogen and oxygen atoms in total. The molecular weight excluding hydrogens is 312 g/mol. The van der Waals surface area contributed by atoms with Crippen molar-refractivity contribution < 1.29 is 17.9 Å². The van der Waals surface area contributed by atoms with Gasteiger partial charge in [-0.3, -0.25) is 0 Å². The summed E-state index contributed by atoms with van der Waals surface area (Å²) >= 11 is 11.9. The minimum absolute atomic E-state index is 0.228. The van der Waals surface area contributed by atoms with E-state index in [9.17, 15) is 13.2 Å². The zero-order valence-corrected chi connectivity index (χ0v) is 11.6. The maximum Gasteiger partial charge on any atom is 0.573 e. The second kappa shape index (κ2) is 5.94. The number of rotatable bonds is 3. The summed E-state index contributed by atoms with van der Waals surface area (Å²) in [5, 5.41) is 0.423. The van der Waals surface area contributed by atoms with Gasteiger partial charge in [-0.05, 0) is 23.3 Å². The van der Waals surface area contributed by atoms with Crippen LogP contribution in [-0.4, -0.2) is 6.36 Å². The van der Waals surface area contributed by atoms with Gasteiger partial charge < -0.3 is 4.74 Å². The Kier molecular flexibility index (Phi) is 4.45. The summed E-state index contributed by atoms with van der Waals surface area (Å²) in [6.45, 7) is 0. The quantitative estimate of drug-likeness (QED) is 0.664. The van der Waals surface area contributed by atoms with Gasteiger partial charge in [-0.25, -0.2) is 0 Å². The predicted octanol–water partition coefficient (Wildman–Crippen LogP) is 5.64. The Morgan fingerprint density at radius 3 is 2.40 bits per heavy atom. The van der Waals surface area contributed by atoms with Crippen LogP contribution in [0.3, 0.4) is 0 Å². The summed E-state index contributed by atoms with van der Waals surface area (Å²) in [5.74, 6) is -0.0619. The van der Waals surface area contributed by atoms with Crippen molar-refractivity contribution in [2.45, 2.75) is 12.2 Å². The van der Waals surface area contributed by atoms with E-state index in [1.54, 1.807) is 24.3 Å². The van der Waals surface area contributed by atoms with E-state index in [-0.39, 0.29) is 11.6 Å². The molecule has 0 saturated heterocycles. The molecule has 2 aromatic carbocycles. The van der Waals surface area contributed by atoms with E-state index in [0.717, 1.165) is 0 Å². The maximum absolute atomic E-state index is 12.2. The average Bonchev–Trinajstić information content (AvgIpc) is 2.37. The summed E-state index contributed by atoms with van der Waals surface area (Å²) in [6.07, 6.45) is -4.72. The molecule has 0 radical (unpaired) electrons. The first-order chi connectivity index (χ1) is 9.40. The second-order valence-electron chi connectivity index (χ2n) is 3.99. The number of alkyl halides is 4. The molecule has 0 heterocycles. The minimum atomic E-state index is -4.72. The van der Waals surface area contributed by atoms with Gasteiger partial charge in [0, 0.05) is 11.4 Å². The van der Waals surface area contributed by atoms with Crippen molar-refractivity contribution in [3.05, 3.63) is 53.1 Å². The summed E-state index contributed by atoms with van der Waals surface area (Å²) in [7, 11) is 0. The lowest BCUT2D eigenvalue weighted by Gasteiger charge is -2.12. The first-order valence-electron chi connectivity index (χ1n) is 5.60. The summed E-state index contributed by atoms with van der Waals surface area (Å²) in [6, 6.07) is 10.9. The normalized spacial score (nSPS) is 11.4. The first kappa shape index (κ1) is 15.0. The van der Waals surface area contributed by atoms with Gasteiger partial charge in [0.05, 0.1) is 5.02 Å². The van der Waals surface area contributed by atoms with Crippen molar-refractivity contribution in [2.24, 2.45) is 0 Å². The van der Waals surface area contributed by atoms with Crippen molar-refractivity contribution in [1.29, 1.82) is 0 Å². The number of halogens is 5. The molecule has 0 unspecified atom stereocenters. The Balaban J connectivity index is 2.41. The molecule has 0 fully saturated rings. The van der Waals surface area contributed by atoms with E-state index in [4.69, 9.17) is 23.2 Å². The fourth-order valence-electron chi connectivity index (χ4n) is 1.77. The van der Waals surface area contributed by atoms with Gasteiger partial charge in [-0.2, -0.15) is 0 Å². The zero-order chi connectivity index (χ0) is 14.8. The molecule has 0 N–H and O–H groups in total. The molecule has 0 aromatic heterocycles. The van der Waals surface area contributed by atoms with E-state index in [2.05, 4.69) is 4.74 Å². The lowest BCUT2D eigenvalue weighted by molar-refractivity contribution is -0.274. The number of ether oxygens (including phenoxy) is 1. The molecule has 2 rings (SSSR count). The summed E-state index contributed by atoms with van der Waals surface area (Å²) < 4.78 is 40.5. The van der Waals surface area contributed by atoms with Crippen molar-refractivity contribution in [3.8, 4) is 16.9 Å². The SMILES string of the molecule is FC(F)(F)Oc1cccc(-c2cccc(CCl)c2Cl)c1. The fourth-order valence-corrected chi connectivity index (χ4v) is 2.36. The topological polar surface area (TPSA) is 9.23 Å². The van der Waals surface area contributed by atoms with E-state index < -0.39 is 6.36 Å². The third-order valence-electron chi connectivity index (χ3n) is 2.60. The van der Waals surface area contributed by atoms with E-state index in [1.165, 1.54) is 18.2 Å². The van der Waals surface area contributed by atoms with E-state index in [1.807, 2.05) is 0 Å². The monoisotopic (exact) mass is 320 g/mol. The van der Waals surface area contributed by atoms with Crippen LogP contribution in [0.2, 0.25) is 5.02 Å². The van der Waals surface area contributed by atoms with Crippen LogP contribution in [0.15, 0.2) is 42.5 Å². The molecule has 106 valence electrons. The predicted molar refractivity (Wildman–Crippen MR) is 73.1 cm³/mol. The van der Waals surface area contributed by atoms with Crippen LogP contribution in [0.25, 0.3) is 11.1 Å². The van der Waals surface area contributed by atoms with E-state index in [0.29, 0.717) is 21.7 Å². The van der Waals surface area contributed by atoms with Crippen LogP contribution in [0.1, 0.15) is 5.56 Å². The highest BCUT2D eigenvalue weighted by molar-refractivity contribution is 6.34. The lowest BCUT2D eigenvalue weighted by Crippen LogP contribution is -2.17. The van der Waals surface area contributed by atoms with Crippen molar-refractivity contribution in [2.75, 3.05) is 0 Å². The molecule has 0 saturated carbocycles. The number of benzene rings is 2. The smallest absolute Gasteiger partial charge is 0.406 e. The van der Waals surface area contributed by atoms with Crippen molar-refractivity contribution >= 4 is 23.2 Å². The highest BCUT2D eigenvalue weighted by Crippen LogP contribution is 2.34. The van der Waals surface area contributed by atoms with Gasteiger partial charge in [0.2, 0.25) is 0 Å².